The van der Waals surface area contributed by atoms with E-state index in [1.165, 1.54) is 0 Å². The van der Waals surface area contributed by atoms with Crippen LogP contribution in [-0.2, 0) is 9.47 Å². The quantitative estimate of drug-likeness (QED) is 0.307. The molecule has 5 N–H and O–H groups in total. The summed E-state index contributed by atoms with van der Waals surface area (Å²) in [4.78, 5) is 0. The largest absolute Gasteiger partial charge is 0.393 e. The summed E-state index contributed by atoms with van der Waals surface area (Å²) >= 11 is 0. The van der Waals surface area contributed by atoms with Crippen LogP contribution in [0.5, 0.6) is 0 Å². The highest BCUT2D eigenvalue weighted by Crippen LogP contribution is 2.62. The lowest BCUT2D eigenvalue weighted by molar-refractivity contribution is -0.286. The molecular formula is C25H42O7. The number of rotatable bonds is 6. The zero-order chi connectivity index (χ0) is 23.8. The second-order valence-corrected chi connectivity index (χ2v) is 10.9. The number of allylic oxidation sites excluding steroid dienone is 1. The van der Waals surface area contributed by atoms with Crippen molar-refractivity contribution in [3.05, 3.63) is 23.8 Å². The molecular weight excluding hydrogens is 412 g/mol. The fourth-order valence-electron chi connectivity index (χ4n) is 6.43. The first-order valence-corrected chi connectivity index (χ1v) is 11.9. The average molecular weight is 455 g/mol. The van der Waals surface area contributed by atoms with E-state index < -0.39 is 36.8 Å². The standard InChI is InChI=1S/C25H42O7/c1-14(9-11-26)6-7-16-15(2)18(32-23-22(30)21(29)17(27)13-31-23)12-19-24(3,4)20(28)8-10-25(16,19)5/h9,16-23,26-30H,2,6-8,10-13H2,1,3-5H3. The molecule has 9 unspecified atom stereocenters. The third-order valence-electron chi connectivity index (χ3n) is 8.64. The molecule has 3 rings (SSSR count). The molecule has 2 saturated carbocycles. The molecule has 0 amide bonds. The fourth-order valence-corrected chi connectivity index (χ4v) is 6.43. The van der Waals surface area contributed by atoms with Crippen molar-refractivity contribution in [1.29, 1.82) is 0 Å². The Balaban J connectivity index is 1.87. The van der Waals surface area contributed by atoms with E-state index in [4.69, 9.17) is 9.47 Å². The molecule has 0 aromatic carbocycles. The van der Waals surface area contributed by atoms with Gasteiger partial charge in [0.1, 0.15) is 18.3 Å². The van der Waals surface area contributed by atoms with E-state index in [0.29, 0.717) is 6.42 Å². The van der Waals surface area contributed by atoms with Gasteiger partial charge in [0.15, 0.2) is 6.29 Å². The van der Waals surface area contributed by atoms with Gasteiger partial charge < -0.3 is 35.0 Å². The zero-order valence-corrected chi connectivity index (χ0v) is 19.9. The topological polar surface area (TPSA) is 120 Å². The van der Waals surface area contributed by atoms with Crippen molar-refractivity contribution in [3.63, 3.8) is 0 Å². The van der Waals surface area contributed by atoms with Gasteiger partial charge in [-0.3, -0.25) is 0 Å². The zero-order valence-electron chi connectivity index (χ0n) is 19.9. The lowest BCUT2D eigenvalue weighted by atomic mass is 9.46. The number of fused-ring (bicyclic) bond motifs is 1. The van der Waals surface area contributed by atoms with E-state index in [-0.39, 0.29) is 35.9 Å². The maximum absolute atomic E-state index is 10.8. The summed E-state index contributed by atoms with van der Waals surface area (Å²) in [5.41, 5.74) is 1.71. The van der Waals surface area contributed by atoms with Crippen LogP contribution in [0.1, 0.15) is 59.8 Å². The lowest BCUT2D eigenvalue weighted by Gasteiger charge is -2.61. The van der Waals surface area contributed by atoms with Crippen molar-refractivity contribution in [2.24, 2.45) is 22.7 Å². The Labute approximate surface area is 191 Å². The normalized spacial score (nSPS) is 44.9. The van der Waals surface area contributed by atoms with Gasteiger partial charge in [-0.25, -0.2) is 0 Å². The van der Waals surface area contributed by atoms with Gasteiger partial charge in [-0.1, -0.05) is 39.0 Å². The van der Waals surface area contributed by atoms with Gasteiger partial charge in [0.05, 0.1) is 25.4 Å². The van der Waals surface area contributed by atoms with Crippen molar-refractivity contribution < 1.29 is 35.0 Å². The molecule has 0 radical (unpaired) electrons. The monoisotopic (exact) mass is 454 g/mol. The third-order valence-corrected chi connectivity index (χ3v) is 8.64. The highest BCUT2D eigenvalue weighted by molar-refractivity contribution is 5.22. The van der Waals surface area contributed by atoms with Gasteiger partial charge >= 0.3 is 0 Å². The Kier molecular flexibility index (Phi) is 7.92. The smallest absolute Gasteiger partial charge is 0.186 e. The second kappa shape index (κ2) is 9.82. The summed E-state index contributed by atoms with van der Waals surface area (Å²) in [5.74, 6) is 0.300. The van der Waals surface area contributed by atoms with Gasteiger partial charge in [0.25, 0.3) is 0 Å². The number of aliphatic hydroxyl groups is 5. The number of aliphatic hydroxyl groups excluding tert-OH is 5. The predicted molar refractivity (Wildman–Crippen MR) is 121 cm³/mol. The van der Waals surface area contributed by atoms with Crippen LogP contribution in [0.3, 0.4) is 0 Å². The Morgan fingerprint density at radius 2 is 1.88 bits per heavy atom. The Morgan fingerprint density at radius 1 is 1.19 bits per heavy atom. The van der Waals surface area contributed by atoms with Crippen LogP contribution in [0.2, 0.25) is 0 Å². The summed E-state index contributed by atoms with van der Waals surface area (Å²) in [6, 6.07) is 0. The predicted octanol–water partition coefficient (Wildman–Crippen LogP) is 1.91. The minimum Gasteiger partial charge on any atom is -0.393 e. The van der Waals surface area contributed by atoms with E-state index in [1.54, 1.807) is 0 Å². The van der Waals surface area contributed by atoms with Crippen LogP contribution in [0.15, 0.2) is 23.8 Å². The van der Waals surface area contributed by atoms with Gasteiger partial charge in [-0.15, -0.1) is 0 Å². The molecule has 7 nitrogen and oxygen atoms in total. The molecule has 2 aliphatic carbocycles. The van der Waals surface area contributed by atoms with Crippen molar-refractivity contribution in [1.82, 2.24) is 0 Å². The van der Waals surface area contributed by atoms with Crippen LogP contribution in [-0.4, -0.2) is 75.6 Å². The number of hydrogen-bond acceptors (Lipinski definition) is 7. The van der Waals surface area contributed by atoms with E-state index in [0.717, 1.165) is 36.8 Å². The lowest BCUT2D eigenvalue weighted by Crippen LogP contribution is -2.59. The Bertz CT molecular complexity index is 704. The maximum Gasteiger partial charge on any atom is 0.186 e. The average Bonchev–Trinajstić information content (AvgIpc) is 2.73. The number of ether oxygens (including phenoxy) is 2. The molecule has 1 aliphatic heterocycles. The molecule has 184 valence electrons. The van der Waals surface area contributed by atoms with Crippen LogP contribution in [0.25, 0.3) is 0 Å². The maximum atomic E-state index is 10.8. The molecule has 0 aromatic rings. The van der Waals surface area contributed by atoms with Gasteiger partial charge in [-0.05, 0) is 67.3 Å². The molecule has 0 spiro atoms. The Morgan fingerprint density at radius 3 is 2.53 bits per heavy atom. The van der Waals surface area contributed by atoms with E-state index in [2.05, 4.69) is 27.4 Å². The van der Waals surface area contributed by atoms with Crippen LogP contribution >= 0.6 is 0 Å². The third kappa shape index (κ3) is 4.71. The summed E-state index contributed by atoms with van der Waals surface area (Å²) in [7, 11) is 0. The van der Waals surface area contributed by atoms with E-state index in [1.807, 2.05) is 13.0 Å². The molecule has 1 heterocycles. The first-order chi connectivity index (χ1) is 14.9. The SMILES string of the molecule is C=C1C(OC2OCC(O)C(O)C2O)CC2C(C)(C)C(O)CCC2(C)C1CCC(C)=CCO. The molecule has 0 bridgehead atoms. The van der Waals surface area contributed by atoms with Crippen LogP contribution < -0.4 is 0 Å². The van der Waals surface area contributed by atoms with E-state index in [9.17, 15) is 25.5 Å². The van der Waals surface area contributed by atoms with Crippen LogP contribution in [0.4, 0.5) is 0 Å². The molecule has 0 aromatic heterocycles. The van der Waals surface area contributed by atoms with Crippen molar-refractivity contribution in [2.75, 3.05) is 13.2 Å². The van der Waals surface area contributed by atoms with Crippen molar-refractivity contribution >= 4 is 0 Å². The molecule has 3 aliphatic rings. The number of hydrogen-bond donors (Lipinski definition) is 5. The van der Waals surface area contributed by atoms with E-state index >= 15 is 0 Å². The highest BCUT2D eigenvalue weighted by atomic mass is 16.7. The highest BCUT2D eigenvalue weighted by Gasteiger charge is 2.58. The van der Waals surface area contributed by atoms with Crippen molar-refractivity contribution in [3.8, 4) is 0 Å². The molecule has 9 atom stereocenters. The van der Waals surface area contributed by atoms with Gasteiger partial charge in [0.2, 0.25) is 0 Å². The molecule has 3 fully saturated rings. The first-order valence-electron chi connectivity index (χ1n) is 11.9. The summed E-state index contributed by atoms with van der Waals surface area (Å²) in [5, 5.41) is 50.3. The van der Waals surface area contributed by atoms with Gasteiger partial charge in [-0.2, -0.15) is 0 Å². The summed E-state index contributed by atoms with van der Waals surface area (Å²) in [6.07, 6.45) is 0.125. The molecule has 1 saturated heterocycles. The van der Waals surface area contributed by atoms with Gasteiger partial charge in [0, 0.05) is 0 Å². The molecule has 7 heteroatoms. The minimum atomic E-state index is -1.35. The minimum absolute atomic E-state index is 0.0212. The summed E-state index contributed by atoms with van der Waals surface area (Å²) in [6.45, 7) is 12.9. The molecule has 32 heavy (non-hydrogen) atoms. The second-order valence-electron chi connectivity index (χ2n) is 10.9. The Hall–Kier alpha value is -0.800. The van der Waals surface area contributed by atoms with Crippen LogP contribution in [0, 0.1) is 22.7 Å². The van der Waals surface area contributed by atoms with Crippen molar-refractivity contribution in [2.45, 2.75) is 96.6 Å². The fraction of sp³-hybridized carbons (Fsp3) is 0.840. The summed E-state index contributed by atoms with van der Waals surface area (Å²) < 4.78 is 11.7. The first kappa shape index (κ1) is 25.8.